The molecule has 16 heavy (non-hydrogen) atoms. The highest BCUT2D eigenvalue weighted by Gasteiger charge is 2.17. The maximum absolute atomic E-state index is 11.4. The molecule has 0 aliphatic rings. The molecular formula is C10H7ClN2O3. The molecule has 0 spiro atoms. The summed E-state index contributed by atoms with van der Waals surface area (Å²) in [5.41, 5.74) is -0.0273. The second kappa shape index (κ2) is 3.86. The van der Waals surface area contributed by atoms with Crippen LogP contribution in [-0.2, 0) is 0 Å². The lowest BCUT2D eigenvalue weighted by Gasteiger charge is -1.98. The van der Waals surface area contributed by atoms with Gasteiger partial charge in [0, 0.05) is 5.02 Å². The number of rotatable bonds is 2. The van der Waals surface area contributed by atoms with Crippen LogP contribution in [0.5, 0.6) is 0 Å². The lowest BCUT2D eigenvalue weighted by Crippen LogP contribution is -2.04. The number of carbonyl (C=O) groups is 1. The Bertz CT molecular complexity index is 583. The maximum atomic E-state index is 11.4. The summed E-state index contributed by atoms with van der Waals surface area (Å²) in [5.74, 6) is -1.19. The summed E-state index contributed by atoms with van der Waals surface area (Å²) in [7, 11) is 0. The van der Waals surface area contributed by atoms with E-state index in [1.807, 2.05) is 0 Å². The Balaban J connectivity index is 2.63. The van der Waals surface area contributed by atoms with E-state index < -0.39 is 11.5 Å². The van der Waals surface area contributed by atoms with Gasteiger partial charge in [-0.05, 0) is 17.7 Å². The fourth-order valence-electron chi connectivity index (χ4n) is 1.41. The zero-order chi connectivity index (χ0) is 11.7. The molecule has 0 saturated heterocycles. The van der Waals surface area contributed by atoms with E-state index in [1.54, 1.807) is 24.3 Å². The molecule has 0 unspecified atom stereocenters. The number of aromatic amines is 2. The number of hydrogen-bond donors (Lipinski definition) is 3. The largest absolute Gasteiger partial charge is 0.477 e. The Hall–Kier alpha value is -2.01. The standard InChI is InChI=1S/C10H7ClN2O3/c11-6-3-1-5(2-4-6)7-8(10(15)16)12-13-9(7)14/h1-4H,(H,15,16)(H2,12,13,14). The number of nitrogens with one attached hydrogen (secondary N) is 2. The molecule has 0 saturated carbocycles. The highest BCUT2D eigenvalue weighted by Crippen LogP contribution is 2.20. The molecule has 2 rings (SSSR count). The van der Waals surface area contributed by atoms with Crippen LogP contribution < -0.4 is 5.56 Å². The van der Waals surface area contributed by atoms with Gasteiger partial charge < -0.3 is 5.11 Å². The molecule has 0 aliphatic heterocycles. The van der Waals surface area contributed by atoms with E-state index in [0.717, 1.165) is 0 Å². The second-order valence-corrected chi connectivity index (χ2v) is 3.58. The van der Waals surface area contributed by atoms with Crippen molar-refractivity contribution in [1.82, 2.24) is 10.2 Å². The Labute approximate surface area is 94.7 Å². The third-order valence-electron chi connectivity index (χ3n) is 2.12. The molecular weight excluding hydrogens is 232 g/mol. The fraction of sp³-hybridized carbons (Fsp3) is 0. The van der Waals surface area contributed by atoms with E-state index >= 15 is 0 Å². The van der Waals surface area contributed by atoms with Crippen molar-refractivity contribution in [3.63, 3.8) is 0 Å². The minimum atomic E-state index is -1.19. The number of hydrogen-bond acceptors (Lipinski definition) is 2. The van der Waals surface area contributed by atoms with Crippen molar-refractivity contribution >= 4 is 17.6 Å². The third kappa shape index (κ3) is 1.72. The quantitative estimate of drug-likeness (QED) is 0.745. The monoisotopic (exact) mass is 238 g/mol. The lowest BCUT2D eigenvalue weighted by molar-refractivity contribution is 0.0691. The average Bonchev–Trinajstić information content (AvgIpc) is 2.62. The summed E-state index contributed by atoms with van der Waals surface area (Å²) < 4.78 is 0. The van der Waals surface area contributed by atoms with Gasteiger partial charge in [0.05, 0.1) is 5.56 Å². The lowest BCUT2D eigenvalue weighted by atomic mass is 10.1. The summed E-state index contributed by atoms with van der Waals surface area (Å²) in [6, 6.07) is 6.37. The van der Waals surface area contributed by atoms with Gasteiger partial charge in [-0.2, -0.15) is 0 Å². The summed E-state index contributed by atoms with van der Waals surface area (Å²) in [6.07, 6.45) is 0. The van der Waals surface area contributed by atoms with Crippen molar-refractivity contribution in [2.24, 2.45) is 0 Å². The molecule has 1 aromatic heterocycles. The van der Waals surface area contributed by atoms with Crippen LogP contribution in [-0.4, -0.2) is 21.3 Å². The number of aromatic nitrogens is 2. The second-order valence-electron chi connectivity index (χ2n) is 3.14. The predicted molar refractivity (Wildman–Crippen MR) is 58.8 cm³/mol. The van der Waals surface area contributed by atoms with E-state index in [0.29, 0.717) is 10.6 Å². The van der Waals surface area contributed by atoms with Gasteiger partial charge in [-0.3, -0.25) is 15.0 Å². The smallest absolute Gasteiger partial charge is 0.354 e. The molecule has 6 heteroatoms. The predicted octanol–water partition coefficient (Wildman–Crippen LogP) is 1.72. The third-order valence-corrected chi connectivity index (χ3v) is 2.38. The van der Waals surface area contributed by atoms with Crippen LogP contribution in [0, 0.1) is 0 Å². The Morgan fingerprint density at radius 2 is 1.81 bits per heavy atom. The first-order valence-corrected chi connectivity index (χ1v) is 4.77. The van der Waals surface area contributed by atoms with E-state index in [-0.39, 0.29) is 11.3 Å². The topological polar surface area (TPSA) is 85.9 Å². The van der Waals surface area contributed by atoms with Crippen LogP contribution in [0.25, 0.3) is 11.1 Å². The highest BCUT2D eigenvalue weighted by molar-refractivity contribution is 6.30. The van der Waals surface area contributed by atoms with E-state index in [4.69, 9.17) is 16.7 Å². The van der Waals surface area contributed by atoms with E-state index in [9.17, 15) is 9.59 Å². The normalized spacial score (nSPS) is 10.3. The van der Waals surface area contributed by atoms with Crippen LogP contribution >= 0.6 is 11.6 Å². The van der Waals surface area contributed by atoms with Crippen LogP contribution in [0.2, 0.25) is 5.02 Å². The molecule has 0 aliphatic carbocycles. The van der Waals surface area contributed by atoms with Crippen molar-refractivity contribution in [3.05, 3.63) is 45.3 Å². The average molecular weight is 239 g/mol. The van der Waals surface area contributed by atoms with Crippen molar-refractivity contribution in [1.29, 1.82) is 0 Å². The van der Waals surface area contributed by atoms with Crippen LogP contribution in [0.15, 0.2) is 29.1 Å². The number of benzene rings is 1. The first-order valence-electron chi connectivity index (χ1n) is 4.39. The number of halogens is 1. The number of carboxylic acid groups (broad SMARTS) is 1. The van der Waals surface area contributed by atoms with E-state index in [2.05, 4.69) is 10.2 Å². The molecule has 0 amide bonds. The van der Waals surface area contributed by atoms with E-state index in [1.165, 1.54) is 0 Å². The van der Waals surface area contributed by atoms with Crippen molar-refractivity contribution in [2.45, 2.75) is 0 Å². The van der Waals surface area contributed by atoms with Crippen molar-refractivity contribution in [2.75, 3.05) is 0 Å². The van der Waals surface area contributed by atoms with Crippen molar-refractivity contribution < 1.29 is 9.90 Å². The summed E-state index contributed by atoms with van der Waals surface area (Å²) >= 11 is 5.71. The summed E-state index contributed by atoms with van der Waals surface area (Å²) in [4.78, 5) is 22.3. The minimum Gasteiger partial charge on any atom is -0.477 e. The number of aromatic carboxylic acids is 1. The van der Waals surface area contributed by atoms with Crippen LogP contribution in [0.1, 0.15) is 10.5 Å². The summed E-state index contributed by atoms with van der Waals surface area (Å²) in [6.45, 7) is 0. The van der Waals surface area contributed by atoms with Gasteiger partial charge in [0.1, 0.15) is 0 Å². The first kappa shape index (κ1) is 10.5. The number of H-pyrrole nitrogens is 2. The minimum absolute atomic E-state index is 0.101. The van der Waals surface area contributed by atoms with Gasteiger partial charge in [-0.25, -0.2) is 4.79 Å². The van der Waals surface area contributed by atoms with Gasteiger partial charge in [0.15, 0.2) is 5.69 Å². The molecule has 1 aromatic carbocycles. The molecule has 3 N–H and O–H groups in total. The van der Waals surface area contributed by atoms with Gasteiger partial charge >= 0.3 is 5.97 Å². The van der Waals surface area contributed by atoms with Crippen LogP contribution in [0.4, 0.5) is 0 Å². The van der Waals surface area contributed by atoms with Gasteiger partial charge in [-0.15, -0.1) is 0 Å². The van der Waals surface area contributed by atoms with Gasteiger partial charge in [0.25, 0.3) is 5.56 Å². The number of carboxylic acids is 1. The van der Waals surface area contributed by atoms with Gasteiger partial charge in [-0.1, -0.05) is 23.7 Å². The van der Waals surface area contributed by atoms with Gasteiger partial charge in [0.2, 0.25) is 0 Å². The zero-order valence-electron chi connectivity index (χ0n) is 7.95. The molecule has 1 heterocycles. The maximum Gasteiger partial charge on any atom is 0.354 e. The molecule has 82 valence electrons. The molecule has 0 atom stereocenters. The Morgan fingerprint density at radius 1 is 1.19 bits per heavy atom. The molecule has 2 aromatic rings. The van der Waals surface area contributed by atoms with Crippen LogP contribution in [0.3, 0.4) is 0 Å². The Kier molecular flexibility index (Phi) is 2.54. The molecule has 0 radical (unpaired) electrons. The zero-order valence-corrected chi connectivity index (χ0v) is 8.71. The molecule has 0 fully saturated rings. The molecule has 5 nitrogen and oxygen atoms in total. The fourth-order valence-corrected chi connectivity index (χ4v) is 1.54. The Morgan fingerprint density at radius 3 is 2.38 bits per heavy atom. The summed E-state index contributed by atoms with van der Waals surface area (Å²) in [5, 5.41) is 14.0. The molecule has 0 bridgehead atoms. The van der Waals surface area contributed by atoms with Crippen molar-refractivity contribution in [3.8, 4) is 11.1 Å². The first-order chi connectivity index (χ1) is 7.59. The highest BCUT2D eigenvalue weighted by atomic mass is 35.5. The SMILES string of the molecule is O=C(O)c1[nH][nH]c(=O)c1-c1ccc(Cl)cc1.